The summed E-state index contributed by atoms with van der Waals surface area (Å²) >= 11 is 0. The van der Waals surface area contributed by atoms with Crippen LogP contribution in [-0.4, -0.2) is 35.1 Å². The molecule has 4 heteroatoms. The average molecular weight is 277 g/mol. The van der Waals surface area contributed by atoms with Crippen LogP contribution in [-0.2, 0) is 4.79 Å². The Balaban J connectivity index is 1.99. The van der Waals surface area contributed by atoms with Gasteiger partial charge in [-0.15, -0.1) is 0 Å². The third-order valence-corrected chi connectivity index (χ3v) is 3.67. The van der Waals surface area contributed by atoms with Crippen molar-refractivity contribution in [3.8, 4) is 0 Å². The Bertz CT molecular complexity index is 487. The lowest BCUT2D eigenvalue weighted by atomic mass is 10.1. The summed E-state index contributed by atoms with van der Waals surface area (Å²) in [7, 11) is 0. The third-order valence-electron chi connectivity index (χ3n) is 3.67. The monoisotopic (exact) mass is 277 g/mol. The van der Waals surface area contributed by atoms with E-state index in [0.717, 1.165) is 25.8 Å². The van der Waals surface area contributed by atoms with Crippen LogP contribution in [0.1, 0.15) is 31.2 Å². The number of hydrogen-bond donors (Lipinski definition) is 1. The minimum Gasteiger partial charge on any atom is -0.396 e. The number of amides is 1. The maximum absolute atomic E-state index is 13.5. The Labute approximate surface area is 118 Å². The normalized spacial score (nSPS) is 18.9. The van der Waals surface area contributed by atoms with Crippen molar-refractivity contribution < 1.29 is 14.3 Å². The lowest BCUT2D eigenvalue weighted by Gasteiger charge is -2.23. The van der Waals surface area contributed by atoms with Gasteiger partial charge in [-0.3, -0.25) is 4.79 Å². The van der Waals surface area contributed by atoms with Gasteiger partial charge in [0.15, 0.2) is 0 Å². The summed E-state index contributed by atoms with van der Waals surface area (Å²) < 4.78 is 13.5. The molecule has 20 heavy (non-hydrogen) atoms. The summed E-state index contributed by atoms with van der Waals surface area (Å²) in [6, 6.07) is 6.60. The molecule has 1 heterocycles. The molecule has 3 nitrogen and oxygen atoms in total. The van der Waals surface area contributed by atoms with E-state index in [-0.39, 0.29) is 24.4 Å². The number of benzene rings is 1. The second-order valence-electron chi connectivity index (χ2n) is 5.05. The number of carbonyl (C=O) groups is 1. The Kier molecular flexibility index (Phi) is 5.30. The number of carbonyl (C=O) groups excluding carboxylic acids is 1. The zero-order valence-electron chi connectivity index (χ0n) is 11.5. The van der Waals surface area contributed by atoms with Crippen LogP contribution in [0, 0.1) is 5.82 Å². The molecule has 1 aliphatic rings. The SMILES string of the molecule is O=C(C=Cc1ccccc1F)N1CCCC1CCCO. The van der Waals surface area contributed by atoms with Gasteiger partial charge in [-0.2, -0.15) is 0 Å². The zero-order chi connectivity index (χ0) is 14.4. The highest BCUT2D eigenvalue weighted by Crippen LogP contribution is 2.22. The summed E-state index contributed by atoms with van der Waals surface area (Å²) in [4.78, 5) is 14.0. The molecule has 0 aliphatic carbocycles. The molecule has 1 amide bonds. The van der Waals surface area contributed by atoms with Gasteiger partial charge < -0.3 is 10.0 Å². The second-order valence-corrected chi connectivity index (χ2v) is 5.05. The summed E-state index contributed by atoms with van der Waals surface area (Å²) in [6.07, 6.45) is 6.49. The molecule has 1 atom stereocenters. The first-order valence-electron chi connectivity index (χ1n) is 7.06. The van der Waals surface area contributed by atoms with E-state index >= 15 is 0 Å². The maximum atomic E-state index is 13.5. The van der Waals surface area contributed by atoms with Crippen molar-refractivity contribution in [1.29, 1.82) is 0 Å². The van der Waals surface area contributed by atoms with Gasteiger partial charge in [-0.05, 0) is 37.8 Å². The second kappa shape index (κ2) is 7.20. The molecular weight excluding hydrogens is 257 g/mol. The molecule has 108 valence electrons. The van der Waals surface area contributed by atoms with Crippen LogP contribution in [0.4, 0.5) is 4.39 Å². The first-order chi connectivity index (χ1) is 9.72. The van der Waals surface area contributed by atoms with Crippen molar-refractivity contribution in [2.75, 3.05) is 13.2 Å². The van der Waals surface area contributed by atoms with E-state index in [0.29, 0.717) is 12.0 Å². The quantitative estimate of drug-likeness (QED) is 0.840. The molecule has 0 aromatic heterocycles. The average Bonchev–Trinajstić information content (AvgIpc) is 2.92. The minimum atomic E-state index is -0.324. The fourth-order valence-corrected chi connectivity index (χ4v) is 2.62. The first-order valence-corrected chi connectivity index (χ1v) is 7.06. The van der Waals surface area contributed by atoms with E-state index in [9.17, 15) is 9.18 Å². The van der Waals surface area contributed by atoms with Crippen LogP contribution in [0.5, 0.6) is 0 Å². The van der Waals surface area contributed by atoms with Gasteiger partial charge in [0.2, 0.25) is 5.91 Å². The molecule has 1 aromatic carbocycles. The highest BCUT2D eigenvalue weighted by atomic mass is 19.1. The van der Waals surface area contributed by atoms with Crippen molar-refractivity contribution in [3.05, 3.63) is 41.7 Å². The van der Waals surface area contributed by atoms with Crippen LogP contribution in [0.3, 0.4) is 0 Å². The van der Waals surface area contributed by atoms with Crippen molar-refractivity contribution in [1.82, 2.24) is 4.90 Å². The predicted octanol–water partition coefficient (Wildman–Crippen LogP) is 2.60. The zero-order valence-corrected chi connectivity index (χ0v) is 11.5. The number of hydrogen-bond acceptors (Lipinski definition) is 2. The van der Waals surface area contributed by atoms with E-state index in [1.54, 1.807) is 18.2 Å². The predicted molar refractivity (Wildman–Crippen MR) is 76.5 cm³/mol. The van der Waals surface area contributed by atoms with Crippen LogP contribution in [0.2, 0.25) is 0 Å². The van der Waals surface area contributed by atoms with E-state index in [1.807, 2.05) is 4.90 Å². The largest absolute Gasteiger partial charge is 0.396 e. The van der Waals surface area contributed by atoms with Gasteiger partial charge >= 0.3 is 0 Å². The summed E-state index contributed by atoms with van der Waals surface area (Å²) in [5.41, 5.74) is 0.423. The summed E-state index contributed by atoms with van der Waals surface area (Å²) in [5.74, 6) is -0.400. The summed E-state index contributed by atoms with van der Waals surface area (Å²) in [6.45, 7) is 0.903. The number of nitrogens with zero attached hydrogens (tertiary/aromatic N) is 1. The van der Waals surface area contributed by atoms with Gasteiger partial charge in [0.05, 0.1) is 0 Å². The molecule has 1 N–H and O–H groups in total. The number of aliphatic hydroxyl groups is 1. The number of halogens is 1. The first kappa shape index (κ1) is 14.7. The Hall–Kier alpha value is -1.68. The molecular formula is C16H20FNO2. The van der Waals surface area contributed by atoms with Crippen LogP contribution < -0.4 is 0 Å². The van der Waals surface area contributed by atoms with Crippen LogP contribution in [0.15, 0.2) is 30.3 Å². The van der Waals surface area contributed by atoms with E-state index in [2.05, 4.69) is 0 Å². The van der Waals surface area contributed by atoms with Gasteiger partial charge in [0.25, 0.3) is 0 Å². The Morgan fingerprint density at radius 1 is 1.45 bits per heavy atom. The molecule has 0 saturated carbocycles. The lowest BCUT2D eigenvalue weighted by Crippen LogP contribution is -2.34. The Morgan fingerprint density at radius 3 is 3.00 bits per heavy atom. The van der Waals surface area contributed by atoms with E-state index in [1.165, 1.54) is 18.2 Å². The van der Waals surface area contributed by atoms with E-state index in [4.69, 9.17) is 5.11 Å². The molecule has 0 bridgehead atoms. The molecule has 1 aromatic rings. The van der Waals surface area contributed by atoms with E-state index < -0.39 is 0 Å². The van der Waals surface area contributed by atoms with Crippen LogP contribution >= 0.6 is 0 Å². The molecule has 1 unspecified atom stereocenters. The summed E-state index contributed by atoms with van der Waals surface area (Å²) in [5, 5.41) is 8.87. The standard InChI is InChI=1S/C16H20FNO2/c17-15-8-2-1-5-13(15)9-10-16(20)18-11-3-6-14(18)7-4-12-19/h1-2,5,8-10,14,19H,3-4,6-7,11-12H2. The lowest BCUT2D eigenvalue weighted by molar-refractivity contribution is -0.126. The van der Waals surface area contributed by atoms with Gasteiger partial charge in [0, 0.05) is 30.8 Å². The fraction of sp³-hybridized carbons (Fsp3) is 0.438. The number of aliphatic hydroxyl groups excluding tert-OH is 1. The van der Waals surface area contributed by atoms with Crippen molar-refractivity contribution in [3.63, 3.8) is 0 Å². The molecule has 0 spiro atoms. The highest BCUT2D eigenvalue weighted by molar-refractivity contribution is 5.92. The smallest absolute Gasteiger partial charge is 0.246 e. The fourth-order valence-electron chi connectivity index (χ4n) is 2.62. The van der Waals surface area contributed by atoms with Crippen molar-refractivity contribution >= 4 is 12.0 Å². The van der Waals surface area contributed by atoms with Crippen molar-refractivity contribution in [2.24, 2.45) is 0 Å². The van der Waals surface area contributed by atoms with Gasteiger partial charge in [-0.1, -0.05) is 18.2 Å². The minimum absolute atomic E-state index is 0.0753. The number of rotatable bonds is 5. The van der Waals surface area contributed by atoms with Gasteiger partial charge in [0.1, 0.15) is 5.82 Å². The number of likely N-dealkylation sites (tertiary alicyclic amines) is 1. The topological polar surface area (TPSA) is 40.5 Å². The molecule has 1 saturated heterocycles. The van der Waals surface area contributed by atoms with Crippen LogP contribution in [0.25, 0.3) is 6.08 Å². The third kappa shape index (κ3) is 3.67. The highest BCUT2D eigenvalue weighted by Gasteiger charge is 2.26. The molecule has 0 radical (unpaired) electrons. The molecule has 1 fully saturated rings. The maximum Gasteiger partial charge on any atom is 0.246 e. The molecule has 1 aliphatic heterocycles. The Morgan fingerprint density at radius 2 is 2.25 bits per heavy atom. The molecule has 2 rings (SSSR count). The van der Waals surface area contributed by atoms with Gasteiger partial charge in [-0.25, -0.2) is 4.39 Å². The van der Waals surface area contributed by atoms with Crippen molar-refractivity contribution in [2.45, 2.75) is 31.7 Å².